The first-order valence-electron chi connectivity index (χ1n) is 10.4. The van der Waals surface area contributed by atoms with Gasteiger partial charge in [0.15, 0.2) is 0 Å². The van der Waals surface area contributed by atoms with E-state index in [1.807, 2.05) is 25.1 Å². The Morgan fingerprint density at radius 2 is 1.76 bits per heavy atom. The third-order valence-electron chi connectivity index (χ3n) is 5.17. The molecule has 170 valence electrons. The molecular weight excluding hydrogens is 434 g/mol. The van der Waals surface area contributed by atoms with Crippen LogP contribution in [0.25, 0.3) is 5.69 Å². The summed E-state index contributed by atoms with van der Waals surface area (Å²) in [7, 11) is 0. The Labute approximate surface area is 195 Å². The Morgan fingerprint density at radius 1 is 1.00 bits per heavy atom. The van der Waals surface area contributed by atoms with Crippen LogP contribution < -0.4 is 10.6 Å². The van der Waals surface area contributed by atoms with E-state index in [0.717, 1.165) is 11.1 Å². The number of hydrogen-bond donors (Lipinski definition) is 2. The van der Waals surface area contributed by atoms with Crippen LogP contribution >= 0.6 is 0 Å². The maximum absolute atomic E-state index is 12.6. The summed E-state index contributed by atoms with van der Waals surface area (Å²) >= 11 is 0. The van der Waals surface area contributed by atoms with Gasteiger partial charge in [-0.3, -0.25) is 19.7 Å². The molecule has 4 rings (SSSR count). The van der Waals surface area contributed by atoms with E-state index < -0.39 is 10.8 Å². The molecule has 1 aromatic heterocycles. The van der Waals surface area contributed by atoms with Gasteiger partial charge >= 0.3 is 0 Å². The second-order valence-corrected chi connectivity index (χ2v) is 7.63. The first kappa shape index (κ1) is 22.4. The van der Waals surface area contributed by atoms with E-state index in [4.69, 9.17) is 0 Å². The molecular formula is C25H21N5O4. The lowest BCUT2D eigenvalue weighted by molar-refractivity contribution is -0.384. The molecule has 9 heteroatoms. The van der Waals surface area contributed by atoms with Crippen molar-refractivity contribution in [2.75, 3.05) is 5.32 Å². The molecule has 2 N–H and O–H groups in total. The van der Waals surface area contributed by atoms with Crippen molar-refractivity contribution in [3.05, 3.63) is 118 Å². The molecule has 1 heterocycles. The summed E-state index contributed by atoms with van der Waals surface area (Å²) in [4.78, 5) is 40.0. The molecule has 0 aliphatic heterocycles. The van der Waals surface area contributed by atoms with Crippen molar-refractivity contribution < 1.29 is 14.5 Å². The highest BCUT2D eigenvalue weighted by molar-refractivity contribution is 6.04. The van der Waals surface area contributed by atoms with Crippen LogP contribution in [0.2, 0.25) is 0 Å². The normalized spacial score (nSPS) is 10.5. The smallest absolute Gasteiger partial charge is 0.294 e. The van der Waals surface area contributed by atoms with Crippen LogP contribution in [0.4, 0.5) is 11.4 Å². The molecule has 0 atom stereocenters. The van der Waals surface area contributed by atoms with Crippen molar-refractivity contribution >= 4 is 23.2 Å². The van der Waals surface area contributed by atoms with Crippen molar-refractivity contribution in [2.45, 2.75) is 13.5 Å². The first-order valence-corrected chi connectivity index (χ1v) is 10.4. The number of aryl methyl sites for hydroxylation is 1. The third kappa shape index (κ3) is 5.16. The number of rotatable bonds is 7. The Morgan fingerprint density at radius 3 is 2.47 bits per heavy atom. The molecule has 0 saturated heterocycles. The summed E-state index contributed by atoms with van der Waals surface area (Å²) in [6, 6.07) is 18.6. The average Bonchev–Trinajstić information content (AvgIpc) is 3.37. The number of carbonyl (C=O) groups excluding carboxylic acids is 2. The molecule has 0 saturated carbocycles. The Kier molecular flexibility index (Phi) is 6.45. The summed E-state index contributed by atoms with van der Waals surface area (Å²) in [5.74, 6) is -0.680. The zero-order valence-electron chi connectivity index (χ0n) is 18.3. The Bertz CT molecular complexity index is 1350. The molecule has 0 fully saturated rings. The van der Waals surface area contributed by atoms with Gasteiger partial charge in [-0.05, 0) is 48.9 Å². The number of nitro groups is 1. The van der Waals surface area contributed by atoms with Crippen molar-refractivity contribution in [1.29, 1.82) is 0 Å². The lowest BCUT2D eigenvalue weighted by atomic mass is 10.1. The monoisotopic (exact) mass is 455 g/mol. The molecule has 0 aliphatic carbocycles. The molecule has 0 aliphatic rings. The summed E-state index contributed by atoms with van der Waals surface area (Å²) in [6.45, 7) is 2.13. The minimum atomic E-state index is -0.535. The van der Waals surface area contributed by atoms with E-state index in [-0.39, 0.29) is 23.7 Å². The fourth-order valence-corrected chi connectivity index (χ4v) is 3.38. The van der Waals surface area contributed by atoms with Crippen LogP contribution in [-0.2, 0) is 6.54 Å². The number of carbonyl (C=O) groups is 2. The largest absolute Gasteiger partial charge is 0.348 e. The summed E-state index contributed by atoms with van der Waals surface area (Å²) in [5.41, 5.74) is 3.25. The van der Waals surface area contributed by atoms with Crippen LogP contribution in [0, 0.1) is 17.0 Å². The van der Waals surface area contributed by atoms with E-state index in [1.165, 1.54) is 35.3 Å². The van der Waals surface area contributed by atoms with E-state index in [1.54, 1.807) is 36.5 Å². The minimum Gasteiger partial charge on any atom is -0.348 e. The molecule has 3 aromatic carbocycles. The van der Waals surface area contributed by atoms with E-state index in [2.05, 4.69) is 15.6 Å². The van der Waals surface area contributed by atoms with Gasteiger partial charge in [0.05, 0.1) is 11.3 Å². The van der Waals surface area contributed by atoms with Crippen LogP contribution in [-0.4, -0.2) is 26.3 Å². The highest BCUT2D eigenvalue weighted by Crippen LogP contribution is 2.24. The maximum Gasteiger partial charge on any atom is 0.294 e. The van der Waals surface area contributed by atoms with Crippen LogP contribution in [0.1, 0.15) is 31.8 Å². The summed E-state index contributed by atoms with van der Waals surface area (Å²) in [5, 5.41) is 17.1. The maximum atomic E-state index is 12.6. The predicted molar refractivity (Wildman–Crippen MR) is 127 cm³/mol. The molecule has 0 unspecified atom stereocenters. The number of imidazole rings is 1. The van der Waals surface area contributed by atoms with E-state index in [9.17, 15) is 19.7 Å². The highest BCUT2D eigenvalue weighted by atomic mass is 16.6. The molecule has 0 radical (unpaired) electrons. The molecule has 0 bridgehead atoms. The highest BCUT2D eigenvalue weighted by Gasteiger charge is 2.18. The number of hydrogen-bond acceptors (Lipinski definition) is 5. The van der Waals surface area contributed by atoms with Gasteiger partial charge in [-0.25, -0.2) is 4.98 Å². The number of aromatic nitrogens is 2. The van der Waals surface area contributed by atoms with Crippen molar-refractivity contribution in [1.82, 2.24) is 14.9 Å². The summed E-state index contributed by atoms with van der Waals surface area (Å²) < 4.78 is 1.51. The standard InChI is InChI=1S/C25H21N5O4/c1-17-5-7-19(8-6-17)25(32)28-21-4-2-3-18(13-21)15-27-24(31)20-9-10-22(23(14-20)30(33)34)29-12-11-26-16-29/h2-14,16H,15H2,1H3,(H,27,31)(H,28,32). The van der Waals surface area contributed by atoms with Gasteiger partial charge < -0.3 is 15.2 Å². The SMILES string of the molecule is Cc1ccc(C(=O)Nc2cccc(CNC(=O)c3ccc(-n4ccnc4)c([N+](=O)[O-])c3)c2)cc1. The van der Waals surface area contributed by atoms with Gasteiger partial charge in [0.25, 0.3) is 17.5 Å². The lowest BCUT2D eigenvalue weighted by Gasteiger charge is -2.10. The van der Waals surface area contributed by atoms with Crippen molar-refractivity contribution in [3.63, 3.8) is 0 Å². The predicted octanol–water partition coefficient (Wildman–Crippen LogP) is 4.27. The fraction of sp³-hybridized carbons (Fsp3) is 0.0800. The van der Waals surface area contributed by atoms with Crippen LogP contribution in [0.15, 0.2) is 85.5 Å². The van der Waals surface area contributed by atoms with Gasteiger partial charge in [-0.1, -0.05) is 29.8 Å². The number of benzene rings is 3. The Balaban J connectivity index is 1.43. The molecule has 9 nitrogen and oxygen atoms in total. The number of amides is 2. The van der Waals surface area contributed by atoms with E-state index >= 15 is 0 Å². The first-order chi connectivity index (χ1) is 16.4. The van der Waals surface area contributed by atoms with Crippen LogP contribution in [0.3, 0.4) is 0 Å². The molecule has 0 spiro atoms. The van der Waals surface area contributed by atoms with Gasteiger partial charge in [0, 0.05) is 41.8 Å². The van der Waals surface area contributed by atoms with Crippen LogP contribution in [0.5, 0.6) is 0 Å². The average molecular weight is 455 g/mol. The van der Waals surface area contributed by atoms with Gasteiger partial charge in [0.2, 0.25) is 0 Å². The van der Waals surface area contributed by atoms with Crippen molar-refractivity contribution in [2.24, 2.45) is 0 Å². The second-order valence-electron chi connectivity index (χ2n) is 7.63. The van der Waals surface area contributed by atoms with Gasteiger partial charge in [-0.2, -0.15) is 0 Å². The number of nitrogens with zero attached hydrogens (tertiary/aromatic N) is 3. The second kappa shape index (κ2) is 9.78. The van der Waals surface area contributed by atoms with Crippen molar-refractivity contribution in [3.8, 4) is 5.69 Å². The van der Waals surface area contributed by atoms with Gasteiger partial charge in [0.1, 0.15) is 5.69 Å². The molecule has 2 amide bonds. The number of nitro benzene ring substituents is 1. The topological polar surface area (TPSA) is 119 Å². The molecule has 34 heavy (non-hydrogen) atoms. The van der Waals surface area contributed by atoms with Gasteiger partial charge in [-0.15, -0.1) is 0 Å². The van der Waals surface area contributed by atoms with E-state index in [0.29, 0.717) is 16.9 Å². The number of anilines is 1. The molecule has 4 aromatic rings. The fourth-order valence-electron chi connectivity index (χ4n) is 3.38. The lowest BCUT2D eigenvalue weighted by Crippen LogP contribution is -2.23. The quantitative estimate of drug-likeness (QED) is 0.319. The zero-order valence-corrected chi connectivity index (χ0v) is 18.3. The minimum absolute atomic E-state index is 0.166. The zero-order chi connectivity index (χ0) is 24.1. The Hall–Kier alpha value is -4.79. The summed E-state index contributed by atoms with van der Waals surface area (Å²) in [6.07, 6.45) is 4.56. The third-order valence-corrected chi connectivity index (χ3v) is 5.17. The number of nitrogens with one attached hydrogen (secondary N) is 2.